The van der Waals surface area contributed by atoms with Crippen molar-refractivity contribution in [2.75, 3.05) is 19.0 Å². The van der Waals surface area contributed by atoms with Crippen molar-refractivity contribution >= 4 is 11.5 Å². The van der Waals surface area contributed by atoms with E-state index in [4.69, 9.17) is 0 Å². The predicted octanol–water partition coefficient (Wildman–Crippen LogP) is 2.32. The quantitative estimate of drug-likeness (QED) is 0.826. The van der Waals surface area contributed by atoms with Crippen LogP contribution in [-0.2, 0) is 6.42 Å². The fraction of sp³-hybridized carbons (Fsp3) is 0.333. The number of hydrogen-bond donors (Lipinski definition) is 0. The third-order valence-corrected chi connectivity index (χ3v) is 3.75. The highest BCUT2D eigenvalue weighted by molar-refractivity contribution is 6.02. The highest BCUT2D eigenvalue weighted by Gasteiger charge is 2.28. The predicted molar refractivity (Wildman–Crippen MR) is 74.7 cm³/mol. The second-order valence-electron chi connectivity index (χ2n) is 5.16. The number of benzene rings is 1. The number of fused-ring (bicyclic) bond motifs is 1. The summed E-state index contributed by atoms with van der Waals surface area (Å²) in [4.78, 5) is 18.7. The number of anilines is 1. The average molecular weight is 255 g/mol. The first-order valence-corrected chi connectivity index (χ1v) is 6.48. The summed E-state index contributed by atoms with van der Waals surface area (Å²) in [6, 6.07) is 6.05. The number of carbonyl (C=O) groups excluding carboxylic acids is 1. The number of ketones is 1. The van der Waals surface area contributed by atoms with Crippen molar-refractivity contribution < 1.29 is 4.79 Å². The van der Waals surface area contributed by atoms with Crippen LogP contribution in [0.3, 0.4) is 0 Å². The zero-order valence-electron chi connectivity index (χ0n) is 11.2. The van der Waals surface area contributed by atoms with E-state index in [0.717, 1.165) is 29.7 Å². The Bertz CT molecular complexity index is 602. The van der Waals surface area contributed by atoms with Crippen LogP contribution in [0.5, 0.6) is 0 Å². The Kier molecular flexibility index (Phi) is 2.85. The lowest BCUT2D eigenvalue weighted by Gasteiger charge is -2.25. The van der Waals surface area contributed by atoms with Gasteiger partial charge >= 0.3 is 0 Å². The van der Waals surface area contributed by atoms with Gasteiger partial charge in [-0.25, -0.2) is 4.98 Å². The van der Waals surface area contributed by atoms with E-state index < -0.39 is 0 Å². The van der Waals surface area contributed by atoms with Gasteiger partial charge in [-0.3, -0.25) is 4.79 Å². The van der Waals surface area contributed by atoms with E-state index in [2.05, 4.69) is 17.1 Å². The number of imidazole rings is 1. The molecule has 1 aliphatic carbocycles. The molecular weight excluding hydrogens is 238 g/mol. The van der Waals surface area contributed by atoms with Gasteiger partial charge in [0.25, 0.3) is 0 Å². The van der Waals surface area contributed by atoms with E-state index in [1.165, 1.54) is 0 Å². The van der Waals surface area contributed by atoms with Crippen molar-refractivity contribution in [3.63, 3.8) is 0 Å². The van der Waals surface area contributed by atoms with Crippen LogP contribution in [0.1, 0.15) is 28.4 Å². The maximum atomic E-state index is 12.6. The molecule has 0 fully saturated rings. The topological polar surface area (TPSA) is 38.1 Å². The van der Waals surface area contributed by atoms with E-state index in [1.54, 1.807) is 12.5 Å². The van der Waals surface area contributed by atoms with Gasteiger partial charge in [-0.15, -0.1) is 0 Å². The molecule has 0 saturated carbocycles. The Hall–Kier alpha value is -2.10. The number of Topliss-reactive ketones (excluding diaryl/α,β-unsaturated/α-hetero) is 1. The molecule has 1 heterocycles. The maximum absolute atomic E-state index is 12.6. The smallest absolute Gasteiger partial charge is 0.185 e. The highest BCUT2D eigenvalue weighted by atomic mass is 16.1. The van der Waals surface area contributed by atoms with Gasteiger partial charge in [-0.2, -0.15) is 0 Å². The molecule has 0 spiro atoms. The first-order chi connectivity index (χ1) is 9.16. The lowest BCUT2D eigenvalue weighted by molar-refractivity contribution is 0.0908. The molecule has 0 N–H and O–H groups in total. The van der Waals surface area contributed by atoms with Crippen LogP contribution in [0.2, 0.25) is 0 Å². The average Bonchev–Trinajstić information content (AvgIpc) is 2.92. The number of hydrogen-bond acceptors (Lipinski definition) is 3. The normalized spacial score (nSPS) is 18.2. The van der Waals surface area contributed by atoms with Gasteiger partial charge in [-0.05, 0) is 30.5 Å². The number of nitrogens with zero attached hydrogens (tertiary/aromatic N) is 3. The monoisotopic (exact) mass is 255 g/mol. The minimum atomic E-state index is -0.104. The molecule has 98 valence electrons. The summed E-state index contributed by atoms with van der Waals surface area (Å²) in [6.07, 6.45) is 7.10. The third-order valence-electron chi connectivity index (χ3n) is 3.75. The Morgan fingerprint density at radius 1 is 1.37 bits per heavy atom. The van der Waals surface area contributed by atoms with Gasteiger partial charge in [0.15, 0.2) is 5.78 Å². The van der Waals surface area contributed by atoms with Crippen LogP contribution in [0.15, 0.2) is 36.9 Å². The van der Waals surface area contributed by atoms with Crippen molar-refractivity contribution in [1.29, 1.82) is 0 Å². The summed E-state index contributed by atoms with van der Waals surface area (Å²) < 4.78 is 1.91. The summed E-state index contributed by atoms with van der Waals surface area (Å²) >= 11 is 0. The number of aromatic nitrogens is 2. The molecule has 4 heteroatoms. The van der Waals surface area contributed by atoms with Gasteiger partial charge in [0.2, 0.25) is 0 Å². The van der Waals surface area contributed by atoms with Crippen molar-refractivity contribution in [1.82, 2.24) is 9.55 Å². The first-order valence-electron chi connectivity index (χ1n) is 6.48. The molecule has 1 atom stereocenters. The lowest BCUT2D eigenvalue weighted by atomic mass is 9.86. The van der Waals surface area contributed by atoms with Gasteiger partial charge < -0.3 is 9.47 Å². The summed E-state index contributed by atoms with van der Waals surface area (Å²) in [5, 5.41) is 0. The van der Waals surface area contributed by atoms with E-state index in [-0.39, 0.29) is 11.8 Å². The van der Waals surface area contributed by atoms with Crippen molar-refractivity contribution in [2.45, 2.75) is 18.9 Å². The lowest BCUT2D eigenvalue weighted by Crippen LogP contribution is -2.25. The second-order valence-corrected chi connectivity index (χ2v) is 5.16. The van der Waals surface area contributed by atoms with Gasteiger partial charge in [0, 0.05) is 37.7 Å². The third kappa shape index (κ3) is 2.03. The molecule has 0 saturated heterocycles. The molecule has 0 radical (unpaired) electrons. The van der Waals surface area contributed by atoms with Crippen LogP contribution in [0, 0.1) is 0 Å². The summed E-state index contributed by atoms with van der Waals surface area (Å²) in [5.74, 6) is 0.197. The molecule has 0 bridgehead atoms. The van der Waals surface area contributed by atoms with Crippen LogP contribution in [0.25, 0.3) is 0 Å². The van der Waals surface area contributed by atoms with E-state index in [1.807, 2.05) is 35.8 Å². The Labute approximate surface area is 112 Å². The van der Waals surface area contributed by atoms with Crippen molar-refractivity contribution in [3.05, 3.63) is 48.0 Å². The zero-order chi connectivity index (χ0) is 13.4. The van der Waals surface area contributed by atoms with Gasteiger partial charge in [0.05, 0.1) is 12.4 Å². The van der Waals surface area contributed by atoms with Crippen LogP contribution < -0.4 is 4.90 Å². The highest BCUT2D eigenvalue weighted by Crippen LogP contribution is 2.31. The molecule has 1 aromatic heterocycles. The molecule has 19 heavy (non-hydrogen) atoms. The number of aryl methyl sites for hydroxylation is 1. The van der Waals surface area contributed by atoms with E-state index >= 15 is 0 Å². The zero-order valence-corrected chi connectivity index (χ0v) is 11.2. The maximum Gasteiger partial charge on any atom is 0.185 e. The largest absolute Gasteiger partial charge is 0.378 e. The molecule has 4 nitrogen and oxygen atoms in total. The van der Waals surface area contributed by atoms with Crippen LogP contribution in [-0.4, -0.2) is 29.4 Å². The fourth-order valence-electron chi connectivity index (χ4n) is 2.63. The molecular formula is C15H17N3O. The number of rotatable bonds is 2. The van der Waals surface area contributed by atoms with E-state index in [9.17, 15) is 4.79 Å². The molecule has 0 amide bonds. The van der Waals surface area contributed by atoms with Crippen LogP contribution in [0.4, 0.5) is 5.69 Å². The fourth-order valence-corrected chi connectivity index (χ4v) is 2.63. The minimum Gasteiger partial charge on any atom is -0.378 e. The molecule has 2 aromatic rings. The SMILES string of the molecule is CN(C)c1ccc2c(c1)C(=O)C(n1ccnc1)CC2. The Morgan fingerprint density at radius 2 is 2.21 bits per heavy atom. The Morgan fingerprint density at radius 3 is 2.89 bits per heavy atom. The summed E-state index contributed by atoms with van der Waals surface area (Å²) in [5.41, 5.74) is 3.08. The van der Waals surface area contributed by atoms with Crippen molar-refractivity contribution in [3.8, 4) is 0 Å². The van der Waals surface area contributed by atoms with Crippen molar-refractivity contribution in [2.24, 2.45) is 0 Å². The van der Waals surface area contributed by atoms with Crippen LogP contribution >= 0.6 is 0 Å². The molecule has 0 aliphatic heterocycles. The molecule has 3 rings (SSSR count). The molecule has 1 aromatic carbocycles. The van der Waals surface area contributed by atoms with E-state index in [0.29, 0.717) is 0 Å². The molecule has 1 aliphatic rings. The first kappa shape index (κ1) is 12.0. The minimum absolute atomic E-state index is 0.104. The van der Waals surface area contributed by atoms with Gasteiger partial charge in [-0.1, -0.05) is 6.07 Å². The number of carbonyl (C=O) groups is 1. The Balaban J connectivity index is 2.00. The standard InChI is InChI=1S/C15H17N3O/c1-17(2)12-5-3-11-4-6-14(15(19)13(11)9-12)18-8-7-16-10-18/h3,5,7-10,14H,4,6H2,1-2H3. The van der Waals surface area contributed by atoms with Gasteiger partial charge in [0.1, 0.15) is 0 Å². The summed E-state index contributed by atoms with van der Waals surface area (Å²) in [6.45, 7) is 0. The second kappa shape index (κ2) is 4.53. The summed E-state index contributed by atoms with van der Waals surface area (Å²) in [7, 11) is 3.98. The molecule has 1 unspecified atom stereocenters.